The van der Waals surface area contributed by atoms with Gasteiger partial charge in [-0.05, 0) is 63.0 Å². The predicted octanol–water partition coefficient (Wildman–Crippen LogP) is 4.65. The van der Waals surface area contributed by atoms with Crippen molar-refractivity contribution in [1.29, 1.82) is 0 Å². The van der Waals surface area contributed by atoms with E-state index in [4.69, 9.17) is 0 Å². The minimum Gasteiger partial charge on any atom is -0.300 e. The maximum absolute atomic E-state index is 13.3. The van der Waals surface area contributed by atoms with Crippen molar-refractivity contribution in [2.75, 3.05) is 0 Å². The van der Waals surface area contributed by atoms with Crippen molar-refractivity contribution in [3.63, 3.8) is 0 Å². The second-order valence-electron chi connectivity index (χ2n) is 8.04. The zero-order valence-electron chi connectivity index (χ0n) is 16.2. The number of carbonyl (C=O) groups excluding carboxylic acids is 3. The fourth-order valence-corrected chi connectivity index (χ4v) is 5.15. The summed E-state index contributed by atoms with van der Waals surface area (Å²) in [6, 6.07) is 6.07. The van der Waals surface area contributed by atoms with E-state index in [1.165, 1.54) is 6.92 Å². The van der Waals surface area contributed by atoms with Gasteiger partial charge in [-0.15, -0.1) is 0 Å². The second-order valence-corrected chi connectivity index (χ2v) is 8.04. The first-order valence-electron chi connectivity index (χ1n) is 9.71. The molecule has 3 rings (SSSR count). The summed E-state index contributed by atoms with van der Waals surface area (Å²) in [7, 11) is 0. The highest BCUT2D eigenvalue weighted by atomic mass is 16.1. The van der Waals surface area contributed by atoms with Crippen LogP contribution < -0.4 is 0 Å². The van der Waals surface area contributed by atoms with Crippen LogP contribution in [0.4, 0.5) is 0 Å². The molecule has 0 spiro atoms. The molecule has 0 saturated heterocycles. The van der Waals surface area contributed by atoms with E-state index in [2.05, 4.69) is 13.0 Å². The molecule has 0 heterocycles. The van der Waals surface area contributed by atoms with E-state index in [0.29, 0.717) is 0 Å². The first-order chi connectivity index (χ1) is 12.3. The number of hydrogen-bond acceptors (Lipinski definition) is 3. The highest BCUT2D eigenvalue weighted by Crippen LogP contribution is 2.46. The third-order valence-electron chi connectivity index (χ3n) is 6.08. The Morgan fingerprint density at radius 1 is 1.19 bits per heavy atom. The fourth-order valence-electron chi connectivity index (χ4n) is 5.15. The van der Waals surface area contributed by atoms with Crippen LogP contribution in [0, 0.1) is 24.7 Å². The van der Waals surface area contributed by atoms with Gasteiger partial charge in [0.25, 0.3) is 0 Å². The molecule has 3 nitrogen and oxygen atoms in total. The number of rotatable bonds is 5. The Balaban J connectivity index is 2.08. The summed E-state index contributed by atoms with van der Waals surface area (Å²) < 4.78 is 0. The van der Waals surface area contributed by atoms with Crippen molar-refractivity contribution in [3.05, 3.63) is 46.0 Å². The van der Waals surface area contributed by atoms with Crippen LogP contribution >= 0.6 is 0 Å². The number of fused-ring (bicyclic) bond motifs is 2. The summed E-state index contributed by atoms with van der Waals surface area (Å²) >= 11 is 0. The Bertz CT molecular complexity index is 800. The lowest BCUT2D eigenvalue weighted by Crippen LogP contribution is -2.38. The molecular weight excluding hydrogens is 324 g/mol. The molecule has 0 radical (unpaired) electrons. The van der Waals surface area contributed by atoms with E-state index >= 15 is 0 Å². The fraction of sp³-hybridized carbons (Fsp3) is 0.522. The van der Waals surface area contributed by atoms with Gasteiger partial charge < -0.3 is 0 Å². The molecule has 0 aromatic heterocycles. The number of aryl methyl sites for hydroxylation is 1. The topological polar surface area (TPSA) is 51.2 Å². The average Bonchev–Trinajstić information content (AvgIpc) is 2.54. The van der Waals surface area contributed by atoms with Crippen molar-refractivity contribution >= 4 is 17.3 Å². The van der Waals surface area contributed by atoms with Crippen molar-refractivity contribution in [1.82, 2.24) is 0 Å². The summed E-state index contributed by atoms with van der Waals surface area (Å²) in [5.41, 5.74) is 4.74. The normalized spacial score (nSPS) is 24.9. The van der Waals surface area contributed by atoms with Crippen LogP contribution in [-0.4, -0.2) is 17.3 Å². The summed E-state index contributed by atoms with van der Waals surface area (Å²) in [6.45, 7) is 7.53. The van der Waals surface area contributed by atoms with Gasteiger partial charge >= 0.3 is 0 Å². The first kappa shape index (κ1) is 18.8. The van der Waals surface area contributed by atoms with Crippen LogP contribution in [0.2, 0.25) is 0 Å². The smallest absolute Gasteiger partial charge is 0.189 e. The lowest BCUT2D eigenvalue weighted by atomic mass is 9.62. The quantitative estimate of drug-likeness (QED) is 0.725. The molecule has 0 saturated carbocycles. The Morgan fingerprint density at radius 3 is 2.58 bits per heavy atom. The molecule has 0 aliphatic heterocycles. The number of benzene rings is 1. The molecule has 0 amide bonds. The third kappa shape index (κ3) is 3.20. The van der Waals surface area contributed by atoms with E-state index < -0.39 is 0 Å². The highest BCUT2D eigenvalue weighted by molar-refractivity contribution is 6.13. The monoisotopic (exact) mass is 352 g/mol. The van der Waals surface area contributed by atoms with Gasteiger partial charge in [-0.3, -0.25) is 14.4 Å². The minimum atomic E-state index is -0.278. The molecule has 0 bridgehead atoms. The minimum absolute atomic E-state index is 0.0113. The Labute approximate surface area is 155 Å². The summed E-state index contributed by atoms with van der Waals surface area (Å²) in [5.74, 6) is 0.153. The summed E-state index contributed by atoms with van der Waals surface area (Å²) in [5, 5.41) is 0. The molecule has 3 unspecified atom stereocenters. The Kier molecular flexibility index (Phi) is 5.27. The Morgan fingerprint density at radius 2 is 1.92 bits per heavy atom. The van der Waals surface area contributed by atoms with Crippen LogP contribution in [0.3, 0.4) is 0 Å². The van der Waals surface area contributed by atoms with Gasteiger partial charge in [0.1, 0.15) is 11.6 Å². The number of allylic oxidation sites excluding steroid dienone is 2. The highest BCUT2D eigenvalue weighted by Gasteiger charge is 2.43. The van der Waals surface area contributed by atoms with Crippen LogP contribution in [-0.2, 0) is 16.0 Å². The molecule has 138 valence electrons. The van der Waals surface area contributed by atoms with E-state index in [0.717, 1.165) is 53.5 Å². The van der Waals surface area contributed by atoms with Gasteiger partial charge in [-0.25, -0.2) is 0 Å². The molecule has 1 aromatic carbocycles. The molecular formula is C23H28O3. The van der Waals surface area contributed by atoms with E-state index in [-0.39, 0.29) is 41.5 Å². The molecule has 3 heteroatoms. The number of Topliss-reactive ketones (excluding diaryl/α,β-unsaturated/α-hetero) is 3. The van der Waals surface area contributed by atoms with Crippen LogP contribution in [0.1, 0.15) is 67.9 Å². The number of carbonyl (C=O) groups is 3. The summed E-state index contributed by atoms with van der Waals surface area (Å²) in [6.07, 6.45) is 3.69. The molecule has 3 atom stereocenters. The van der Waals surface area contributed by atoms with E-state index in [1.54, 1.807) is 0 Å². The van der Waals surface area contributed by atoms with Crippen LogP contribution in [0.15, 0.2) is 29.3 Å². The predicted molar refractivity (Wildman–Crippen MR) is 102 cm³/mol. The van der Waals surface area contributed by atoms with Gasteiger partial charge in [0, 0.05) is 17.1 Å². The standard InChI is InChI=1S/C23H28O3/c1-5-7-16-11-18-12-17-9-6-8-13(2)20(17)23(26)22(18)15(4)21(16)19(25)10-14(3)24/h6,8-9,16,18,21H,5,7,10-12H2,1-4H3. The van der Waals surface area contributed by atoms with Crippen molar-refractivity contribution in [2.45, 2.75) is 59.8 Å². The van der Waals surface area contributed by atoms with Crippen molar-refractivity contribution < 1.29 is 14.4 Å². The zero-order chi connectivity index (χ0) is 19.0. The van der Waals surface area contributed by atoms with Gasteiger partial charge in [0.2, 0.25) is 0 Å². The third-order valence-corrected chi connectivity index (χ3v) is 6.08. The Hall–Kier alpha value is -2.03. The molecule has 2 aliphatic carbocycles. The van der Waals surface area contributed by atoms with Gasteiger partial charge in [-0.1, -0.05) is 37.1 Å². The van der Waals surface area contributed by atoms with Crippen molar-refractivity contribution in [3.8, 4) is 0 Å². The van der Waals surface area contributed by atoms with E-state index in [9.17, 15) is 14.4 Å². The number of ketones is 3. The largest absolute Gasteiger partial charge is 0.300 e. The van der Waals surface area contributed by atoms with E-state index in [1.807, 2.05) is 26.0 Å². The second kappa shape index (κ2) is 7.30. The van der Waals surface area contributed by atoms with Crippen LogP contribution in [0.5, 0.6) is 0 Å². The lowest BCUT2D eigenvalue weighted by Gasteiger charge is -2.40. The zero-order valence-corrected chi connectivity index (χ0v) is 16.2. The van der Waals surface area contributed by atoms with Gasteiger partial charge in [0.15, 0.2) is 5.78 Å². The maximum atomic E-state index is 13.3. The molecule has 1 aromatic rings. The lowest BCUT2D eigenvalue weighted by molar-refractivity contribution is -0.129. The SMILES string of the molecule is CCCC1CC2Cc3cccc(C)c3C(=O)C2=C(C)C1C(=O)CC(C)=O. The molecule has 0 fully saturated rings. The molecule has 0 N–H and O–H groups in total. The van der Waals surface area contributed by atoms with Crippen molar-refractivity contribution in [2.24, 2.45) is 17.8 Å². The molecule has 2 aliphatic rings. The maximum Gasteiger partial charge on any atom is 0.189 e. The number of hydrogen-bond donors (Lipinski definition) is 0. The molecule has 26 heavy (non-hydrogen) atoms. The van der Waals surface area contributed by atoms with Gasteiger partial charge in [-0.2, -0.15) is 0 Å². The summed E-state index contributed by atoms with van der Waals surface area (Å²) in [4.78, 5) is 37.7. The van der Waals surface area contributed by atoms with Gasteiger partial charge in [0.05, 0.1) is 6.42 Å². The first-order valence-corrected chi connectivity index (χ1v) is 9.71. The average molecular weight is 352 g/mol. The van der Waals surface area contributed by atoms with Crippen LogP contribution in [0.25, 0.3) is 0 Å².